The lowest BCUT2D eigenvalue weighted by Crippen LogP contribution is -2.50. The van der Waals surface area contributed by atoms with Crippen molar-refractivity contribution in [3.8, 4) is 0 Å². The van der Waals surface area contributed by atoms with E-state index in [2.05, 4.69) is 5.32 Å². The highest BCUT2D eigenvalue weighted by Gasteiger charge is 2.36. The van der Waals surface area contributed by atoms with Gasteiger partial charge in [-0.25, -0.2) is 0 Å². The zero-order chi connectivity index (χ0) is 16.2. The molecule has 5 nitrogen and oxygen atoms in total. The third-order valence-corrected chi connectivity index (χ3v) is 4.81. The summed E-state index contributed by atoms with van der Waals surface area (Å²) in [4.78, 5) is 27.0. The number of carbonyl (C=O) groups is 2. The van der Waals surface area contributed by atoms with Gasteiger partial charge in [-0.05, 0) is 37.2 Å². The third kappa shape index (κ3) is 4.28. The van der Waals surface area contributed by atoms with Gasteiger partial charge in [-0.2, -0.15) is 0 Å². The van der Waals surface area contributed by atoms with E-state index >= 15 is 0 Å². The predicted molar refractivity (Wildman–Crippen MR) is 95.7 cm³/mol. The lowest BCUT2D eigenvalue weighted by molar-refractivity contribution is -0.143. The summed E-state index contributed by atoms with van der Waals surface area (Å²) in [5.41, 5.74) is 6.68. The molecule has 1 aliphatic heterocycles. The maximum absolute atomic E-state index is 12.9. The van der Waals surface area contributed by atoms with Crippen LogP contribution in [0.5, 0.6) is 0 Å². The largest absolute Gasteiger partial charge is 0.350 e. The van der Waals surface area contributed by atoms with Gasteiger partial charge >= 0.3 is 0 Å². The first-order valence-corrected chi connectivity index (χ1v) is 8.55. The highest BCUT2D eigenvalue weighted by molar-refractivity contribution is 5.89. The van der Waals surface area contributed by atoms with Crippen LogP contribution in [0.1, 0.15) is 43.7 Å². The Morgan fingerprint density at radius 2 is 1.96 bits per heavy atom. The topological polar surface area (TPSA) is 75.4 Å². The highest BCUT2D eigenvalue weighted by Crippen LogP contribution is 2.33. The summed E-state index contributed by atoms with van der Waals surface area (Å²) in [5, 5.41) is 3.09. The summed E-state index contributed by atoms with van der Waals surface area (Å²) in [7, 11) is 0. The number of rotatable bonds is 6. The molecule has 0 aromatic heterocycles. The first kappa shape index (κ1) is 18.7. The van der Waals surface area contributed by atoms with Crippen molar-refractivity contribution in [3.05, 3.63) is 35.9 Å². The van der Waals surface area contributed by atoms with E-state index in [0.29, 0.717) is 25.4 Å². The molecule has 1 saturated heterocycles. The van der Waals surface area contributed by atoms with Crippen molar-refractivity contribution in [3.63, 3.8) is 0 Å². The molecule has 2 unspecified atom stereocenters. The first-order valence-electron chi connectivity index (χ1n) is 8.55. The molecule has 3 N–H and O–H groups in total. The molecule has 132 valence electrons. The van der Waals surface area contributed by atoms with E-state index < -0.39 is 6.04 Å². The molecule has 0 radical (unpaired) electrons. The second-order valence-corrected chi connectivity index (χ2v) is 6.55. The van der Waals surface area contributed by atoms with Crippen molar-refractivity contribution in [2.45, 2.75) is 44.2 Å². The van der Waals surface area contributed by atoms with Gasteiger partial charge in [-0.15, -0.1) is 12.4 Å². The van der Waals surface area contributed by atoms with Gasteiger partial charge in [-0.3, -0.25) is 9.59 Å². The molecule has 6 heteroatoms. The maximum atomic E-state index is 12.9. The Hall–Kier alpha value is -1.59. The fourth-order valence-electron chi connectivity index (χ4n) is 3.34. The summed E-state index contributed by atoms with van der Waals surface area (Å²) in [5.74, 6) is 0.460. The van der Waals surface area contributed by atoms with Crippen molar-refractivity contribution in [1.29, 1.82) is 0 Å². The van der Waals surface area contributed by atoms with E-state index in [9.17, 15) is 9.59 Å². The molecule has 2 aliphatic rings. The summed E-state index contributed by atoms with van der Waals surface area (Å²) in [6.45, 7) is 1.09. The normalized spacial score (nSPS) is 20.0. The molecule has 1 saturated carbocycles. The first-order chi connectivity index (χ1) is 11.2. The number of carbonyl (C=O) groups excluding carboxylic acids is 2. The molecule has 0 spiro atoms. The number of nitrogens with zero attached hydrogens (tertiary/aromatic N) is 1. The van der Waals surface area contributed by atoms with Crippen molar-refractivity contribution in [2.24, 2.45) is 11.7 Å². The quantitative estimate of drug-likeness (QED) is 0.823. The Bertz CT molecular complexity index is 563. The van der Waals surface area contributed by atoms with Gasteiger partial charge in [0, 0.05) is 25.6 Å². The predicted octanol–water partition coefficient (Wildman–Crippen LogP) is 2.02. The number of piperidine rings is 1. The maximum Gasteiger partial charge on any atom is 0.247 e. The number of nitrogens with one attached hydrogen (secondary N) is 1. The van der Waals surface area contributed by atoms with E-state index in [-0.39, 0.29) is 30.3 Å². The van der Waals surface area contributed by atoms with E-state index in [1.807, 2.05) is 30.3 Å². The average molecular weight is 352 g/mol. The minimum Gasteiger partial charge on any atom is -0.350 e. The van der Waals surface area contributed by atoms with Crippen LogP contribution in [0.15, 0.2) is 30.3 Å². The van der Waals surface area contributed by atoms with E-state index in [0.717, 1.165) is 31.2 Å². The zero-order valence-corrected chi connectivity index (χ0v) is 14.6. The van der Waals surface area contributed by atoms with Crippen LogP contribution < -0.4 is 11.1 Å². The Labute approximate surface area is 149 Å². The van der Waals surface area contributed by atoms with E-state index in [1.54, 1.807) is 4.90 Å². The van der Waals surface area contributed by atoms with Crippen molar-refractivity contribution < 1.29 is 9.59 Å². The zero-order valence-electron chi connectivity index (χ0n) is 13.8. The molecule has 1 aromatic carbocycles. The summed E-state index contributed by atoms with van der Waals surface area (Å²) in [6, 6.07) is 9.05. The van der Waals surface area contributed by atoms with Crippen LogP contribution in [0.2, 0.25) is 0 Å². The molecule has 1 aliphatic carbocycles. The Morgan fingerprint density at radius 1 is 1.25 bits per heavy atom. The fourth-order valence-corrected chi connectivity index (χ4v) is 3.34. The molecule has 1 heterocycles. The molecule has 1 aromatic rings. The third-order valence-electron chi connectivity index (χ3n) is 4.81. The molecule has 2 fully saturated rings. The standard InChI is InChI=1S/C18H25N3O2.ClH/c19-12-15(13-9-10-13)20-18(23)17(14-6-2-1-3-7-14)21-11-5-4-8-16(21)22;/h1-3,6-7,13,15,17H,4-5,8-12,19H2,(H,20,23);1H. The number of nitrogens with two attached hydrogens (primary N) is 1. The van der Waals surface area contributed by atoms with Gasteiger partial charge in [0.1, 0.15) is 6.04 Å². The molecular weight excluding hydrogens is 326 g/mol. The SMILES string of the molecule is Cl.NCC(NC(=O)C(c1ccccc1)N1CCCCC1=O)C1CC1. The van der Waals surface area contributed by atoms with Gasteiger partial charge in [-0.1, -0.05) is 30.3 Å². The Kier molecular flexibility index (Phi) is 6.63. The number of amides is 2. The highest BCUT2D eigenvalue weighted by atomic mass is 35.5. The summed E-state index contributed by atoms with van der Waals surface area (Å²) in [6.07, 6.45) is 4.64. The fraction of sp³-hybridized carbons (Fsp3) is 0.556. The van der Waals surface area contributed by atoms with Crippen LogP contribution in [-0.4, -0.2) is 35.8 Å². The minimum atomic E-state index is -0.545. The summed E-state index contributed by atoms with van der Waals surface area (Å²) >= 11 is 0. The van der Waals surface area contributed by atoms with E-state index in [4.69, 9.17) is 5.73 Å². The van der Waals surface area contributed by atoms with Crippen molar-refractivity contribution in [1.82, 2.24) is 10.2 Å². The number of likely N-dealkylation sites (tertiary alicyclic amines) is 1. The van der Waals surface area contributed by atoms with Crippen LogP contribution in [-0.2, 0) is 9.59 Å². The van der Waals surface area contributed by atoms with Crippen molar-refractivity contribution in [2.75, 3.05) is 13.1 Å². The Morgan fingerprint density at radius 3 is 2.54 bits per heavy atom. The molecule has 2 amide bonds. The van der Waals surface area contributed by atoms with Crippen LogP contribution in [0, 0.1) is 5.92 Å². The van der Waals surface area contributed by atoms with Gasteiger partial charge < -0.3 is 16.0 Å². The van der Waals surface area contributed by atoms with Crippen LogP contribution in [0.3, 0.4) is 0 Å². The van der Waals surface area contributed by atoms with Crippen molar-refractivity contribution >= 4 is 24.2 Å². The summed E-state index contributed by atoms with van der Waals surface area (Å²) < 4.78 is 0. The van der Waals surface area contributed by atoms with Gasteiger partial charge in [0.15, 0.2) is 0 Å². The number of hydrogen-bond acceptors (Lipinski definition) is 3. The van der Waals surface area contributed by atoms with E-state index in [1.165, 1.54) is 0 Å². The molecule has 24 heavy (non-hydrogen) atoms. The van der Waals surface area contributed by atoms with Gasteiger partial charge in [0.2, 0.25) is 11.8 Å². The average Bonchev–Trinajstić information content (AvgIpc) is 3.40. The number of halogens is 1. The molecule has 0 bridgehead atoms. The van der Waals surface area contributed by atoms with Gasteiger partial charge in [0.05, 0.1) is 0 Å². The van der Waals surface area contributed by atoms with Crippen LogP contribution in [0.25, 0.3) is 0 Å². The second-order valence-electron chi connectivity index (χ2n) is 6.55. The Balaban J connectivity index is 0.00000208. The number of benzene rings is 1. The lowest BCUT2D eigenvalue weighted by atomic mass is 10.00. The molecule has 2 atom stereocenters. The monoisotopic (exact) mass is 351 g/mol. The molecule has 3 rings (SSSR count). The molecular formula is C18H26ClN3O2. The smallest absolute Gasteiger partial charge is 0.247 e. The van der Waals surface area contributed by atoms with Gasteiger partial charge in [0.25, 0.3) is 0 Å². The van der Waals surface area contributed by atoms with Crippen LogP contribution >= 0.6 is 12.4 Å². The lowest BCUT2D eigenvalue weighted by Gasteiger charge is -2.35. The second kappa shape index (κ2) is 8.49. The number of hydrogen-bond donors (Lipinski definition) is 2. The van der Waals surface area contributed by atoms with Crippen LogP contribution in [0.4, 0.5) is 0 Å². The minimum absolute atomic E-state index is 0.